The van der Waals surface area contributed by atoms with E-state index in [2.05, 4.69) is 20.0 Å². The van der Waals surface area contributed by atoms with Crippen LogP contribution in [0.15, 0.2) is 16.7 Å². The Balaban J connectivity index is 2.10. The first kappa shape index (κ1) is 13.7. The molecule has 0 aliphatic rings. The van der Waals surface area contributed by atoms with Crippen LogP contribution in [0.1, 0.15) is 0 Å². The van der Waals surface area contributed by atoms with Crippen LogP contribution in [0.25, 0.3) is 0 Å². The summed E-state index contributed by atoms with van der Waals surface area (Å²) in [6, 6.07) is 0. The minimum Gasteiger partial charge on any atom is -0.383 e. The summed E-state index contributed by atoms with van der Waals surface area (Å²) in [6.45, 7) is 1.02. The van der Waals surface area contributed by atoms with Crippen LogP contribution in [0.2, 0.25) is 0 Å². The number of sulfonamides is 1. The number of nitrogen functional groups attached to an aromatic ring is 1. The summed E-state index contributed by atoms with van der Waals surface area (Å²) in [6.07, 6.45) is 2.96. The van der Waals surface area contributed by atoms with Gasteiger partial charge in [0.2, 0.25) is 5.13 Å². The monoisotopic (exact) mass is 304 g/mol. The molecule has 2 aromatic rings. The van der Waals surface area contributed by atoms with Crippen molar-refractivity contribution >= 4 is 32.2 Å². The first-order valence-electron chi connectivity index (χ1n) is 5.14. The van der Waals surface area contributed by atoms with Gasteiger partial charge in [0.05, 0.1) is 25.0 Å². The van der Waals surface area contributed by atoms with Gasteiger partial charge in [0, 0.05) is 13.3 Å². The van der Waals surface area contributed by atoms with E-state index in [-0.39, 0.29) is 9.47 Å². The van der Waals surface area contributed by atoms with Crippen LogP contribution < -0.4 is 10.5 Å². The number of rotatable bonds is 6. The molecule has 2 aromatic heterocycles. The van der Waals surface area contributed by atoms with Crippen molar-refractivity contribution in [3.05, 3.63) is 12.4 Å². The lowest BCUT2D eigenvalue weighted by Gasteiger charge is -2.01. The predicted molar refractivity (Wildman–Crippen MR) is 69.2 cm³/mol. The topological polar surface area (TPSA) is 125 Å². The number of aromatic nitrogens is 4. The highest BCUT2D eigenvalue weighted by Crippen LogP contribution is 2.20. The molecule has 0 saturated carbocycles. The molecule has 0 aliphatic heterocycles. The van der Waals surface area contributed by atoms with Gasteiger partial charge in [0.25, 0.3) is 14.4 Å². The zero-order chi connectivity index (χ0) is 13.9. The minimum absolute atomic E-state index is 0.0937. The highest BCUT2D eigenvalue weighted by atomic mass is 32.2. The molecule has 9 nitrogen and oxygen atoms in total. The molecule has 104 valence electrons. The van der Waals surface area contributed by atoms with Crippen LogP contribution in [-0.2, 0) is 21.3 Å². The first-order valence-corrected chi connectivity index (χ1v) is 7.44. The third-order valence-electron chi connectivity index (χ3n) is 2.06. The summed E-state index contributed by atoms with van der Waals surface area (Å²) < 4.78 is 32.5. The van der Waals surface area contributed by atoms with E-state index < -0.39 is 10.0 Å². The number of ether oxygens (including phenoxy) is 1. The van der Waals surface area contributed by atoms with Crippen molar-refractivity contribution in [2.45, 2.75) is 10.9 Å². The molecule has 0 bridgehead atoms. The molecule has 0 radical (unpaired) electrons. The van der Waals surface area contributed by atoms with E-state index in [1.165, 1.54) is 6.20 Å². The Morgan fingerprint density at radius 2 is 2.32 bits per heavy atom. The Bertz CT molecular complexity index is 649. The minimum atomic E-state index is -3.77. The van der Waals surface area contributed by atoms with E-state index in [1.54, 1.807) is 18.0 Å². The molecule has 0 aromatic carbocycles. The summed E-state index contributed by atoms with van der Waals surface area (Å²) >= 11 is 0.792. The van der Waals surface area contributed by atoms with E-state index in [4.69, 9.17) is 10.5 Å². The molecular weight excluding hydrogens is 292 g/mol. The molecule has 0 amide bonds. The van der Waals surface area contributed by atoms with Crippen molar-refractivity contribution in [3.8, 4) is 0 Å². The lowest BCUT2D eigenvalue weighted by molar-refractivity contribution is 0.183. The van der Waals surface area contributed by atoms with Gasteiger partial charge in [-0.25, -0.2) is 0 Å². The molecular formula is C8H12N6O3S2. The third kappa shape index (κ3) is 3.39. The molecule has 0 saturated heterocycles. The smallest absolute Gasteiger partial charge is 0.291 e. The second-order valence-electron chi connectivity index (χ2n) is 3.50. The number of hydrogen-bond acceptors (Lipinski definition) is 8. The van der Waals surface area contributed by atoms with E-state index >= 15 is 0 Å². The molecule has 0 spiro atoms. The quantitative estimate of drug-likeness (QED) is 0.754. The SMILES string of the molecule is COCCn1cc(NS(=O)(=O)c2nnc(N)s2)cn1. The van der Waals surface area contributed by atoms with E-state index in [1.807, 2.05) is 0 Å². The Labute approximate surface area is 113 Å². The number of nitrogens with one attached hydrogen (secondary N) is 1. The second kappa shape index (κ2) is 5.50. The lowest BCUT2D eigenvalue weighted by Crippen LogP contribution is -2.12. The Morgan fingerprint density at radius 1 is 1.53 bits per heavy atom. The van der Waals surface area contributed by atoms with Crippen molar-refractivity contribution in [3.63, 3.8) is 0 Å². The van der Waals surface area contributed by atoms with Gasteiger partial charge in [-0.1, -0.05) is 11.3 Å². The number of nitrogens with zero attached hydrogens (tertiary/aromatic N) is 4. The number of anilines is 2. The zero-order valence-electron chi connectivity index (χ0n) is 9.98. The average molecular weight is 304 g/mol. The Morgan fingerprint density at radius 3 is 2.95 bits per heavy atom. The highest BCUT2D eigenvalue weighted by molar-refractivity contribution is 7.94. The largest absolute Gasteiger partial charge is 0.383 e. The average Bonchev–Trinajstić information content (AvgIpc) is 2.95. The Kier molecular flexibility index (Phi) is 3.97. The van der Waals surface area contributed by atoms with Gasteiger partial charge < -0.3 is 10.5 Å². The van der Waals surface area contributed by atoms with Crippen molar-refractivity contribution in [2.75, 3.05) is 24.2 Å². The zero-order valence-corrected chi connectivity index (χ0v) is 11.6. The van der Waals surface area contributed by atoms with Crippen LogP contribution in [-0.4, -0.2) is 42.1 Å². The van der Waals surface area contributed by atoms with Crippen LogP contribution in [0, 0.1) is 0 Å². The maximum Gasteiger partial charge on any atom is 0.291 e. The van der Waals surface area contributed by atoms with Gasteiger partial charge in [0.15, 0.2) is 0 Å². The van der Waals surface area contributed by atoms with Crippen molar-refractivity contribution in [1.82, 2.24) is 20.0 Å². The van der Waals surface area contributed by atoms with E-state index in [0.29, 0.717) is 18.8 Å². The lowest BCUT2D eigenvalue weighted by atomic mass is 10.6. The molecule has 3 N–H and O–H groups in total. The predicted octanol–water partition coefficient (Wildman–Crippen LogP) is -0.236. The number of nitrogens with two attached hydrogens (primary N) is 1. The molecule has 0 aliphatic carbocycles. The van der Waals surface area contributed by atoms with Crippen LogP contribution in [0.5, 0.6) is 0 Å². The molecule has 0 fully saturated rings. The summed E-state index contributed by atoms with van der Waals surface area (Å²) in [5.74, 6) is 0. The molecule has 11 heteroatoms. The van der Waals surface area contributed by atoms with Crippen molar-refractivity contribution in [2.24, 2.45) is 0 Å². The fraction of sp³-hybridized carbons (Fsp3) is 0.375. The molecule has 2 rings (SSSR count). The summed E-state index contributed by atoms with van der Waals surface area (Å²) in [5, 5.41) is 11.0. The summed E-state index contributed by atoms with van der Waals surface area (Å²) in [5.41, 5.74) is 5.69. The molecule has 19 heavy (non-hydrogen) atoms. The van der Waals surface area contributed by atoms with Crippen LogP contribution >= 0.6 is 11.3 Å². The molecule has 0 unspecified atom stereocenters. The van der Waals surface area contributed by atoms with Crippen molar-refractivity contribution < 1.29 is 13.2 Å². The number of methoxy groups -OCH3 is 1. The van der Waals surface area contributed by atoms with Crippen molar-refractivity contribution in [1.29, 1.82) is 0 Å². The van der Waals surface area contributed by atoms with Gasteiger partial charge in [-0.2, -0.15) is 13.5 Å². The van der Waals surface area contributed by atoms with Gasteiger partial charge >= 0.3 is 0 Å². The normalized spacial score (nSPS) is 11.6. The van der Waals surface area contributed by atoms with Gasteiger partial charge in [0.1, 0.15) is 0 Å². The maximum atomic E-state index is 11.9. The number of hydrogen-bond donors (Lipinski definition) is 2. The summed E-state index contributed by atoms with van der Waals surface area (Å²) in [7, 11) is -2.19. The van der Waals surface area contributed by atoms with E-state index in [0.717, 1.165) is 11.3 Å². The fourth-order valence-corrected chi connectivity index (χ4v) is 3.06. The standard InChI is InChI=1S/C8H12N6O3S2/c1-17-3-2-14-5-6(4-10-14)13-19(15,16)8-12-11-7(9)18-8/h4-5,13H,2-3H2,1H3,(H2,9,11). The van der Waals surface area contributed by atoms with Gasteiger partial charge in [-0.05, 0) is 0 Å². The van der Waals surface area contributed by atoms with Gasteiger partial charge in [-0.3, -0.25) is 9.40 Å². The maximum absolute atomic E-state index is 11.9. The molecule has 2 heterocycles. The van der Waals surface area contributed by atoms with Crippen LogP contribution in [0.3, 0.4) is 0 Å². The highest BCUT2D eigenvalue weighted by Gasteiger charge is 2.20. The third-order valence-corrected chi connectivity index (χ3v) is 4.56. The van der Waals surface area contributed by atoms with E-state index in [9.17, 15) is 8.42 Å². The van der Waals surface area contributed by atoms with Gasteiger partial charge in [-0.15, -0.1) is 10.2 Å². The second-order valence-corrected chi connectivity index (χ2v) is 6.36. The molecule has 0 atom stereocenters. The Hall–Kier alpha value is -1.72. The fourth-order valence-electron chi connectivity index (χ4n) is 1.25. The summed E-state index contributed by atoms with van der Waals surface area (Å²) in [4.78, 5) is 0. The van der Waals surface area contributed by atoms with Crippen LogP contribution in [0.4, 0.5) is 10.8 Å². The first-order chi connectivity index (χ1) is 9.01.